The van der Waals surface area contributed by atoms with Crippen molar-refractivity contribution in [1.82, 2.24) is 14.1 Å². The van der Waals surface area contributed by atoms with Crippen LogP contribution in [0.2, 0.25) is 9.36 Å². The molecule has 6 nitrogen and oxygen atoms in total. The Bertz CT molecular complexity index is 1450. The van der Waals surface area contributed by atoms with Gasteiger partial charge in [0.1, 0.15) is 14.4 Å². The molecule has 2 aromatic heterocycles. The Hall–Kier alpha value is -1.75. The smallest absolute Gasteiger partial charge is 0.252 e. The highest BCUT2D eigenvalue weighted by atomic mass is 35.5. The zero-order chi connectivity index (χ0) is 24.6. The molecule has 6 rings (SSSR count). The summed E-state index contributed by atoms with van der Waals surface area (Å²) in [6.07, 6.45) is 7.51. The third-order valence-electron chi connectivity index (χ3n) is 7.82. The van der Waals surface area contributed by atoms with Crippen LogP contribution in [0.4, 0.5) is 4.39 Å². The summed E-state index contributed by atoms with van der Waals surface area (Å²) in [7, 11) is -3.84. The number of aliphatic hydroxyl groups excluding tert-OH is 1. The van der Waals surface area contributed by atoms with E-state index in [1.165, 1.54) is 28.1 Å². The number of hydrogen-bond acceptors (Lipinski definition) is 5. The zero-order valence-corrected chi connectivity index (χ0v) is 21.7. The maximum atomic E-state index is 13.4. The number of benzene rings is 1. The van der Waals surface area contributed by atoms with Crippen LogP contribution in [0.3, 0.4) is 0 Å². The predicted molar refractivity (Wildman–Crippen MR) is 134 cm³/mol. The fraction of sp³-hybridized carbons (Fsp3) is 0.375. The van der Waals surface area contributed by atoms with Crippen molar-refractivity contribution in [3.05, 3.63) is 68.5 Å². The summed E-state index contributed by atoms with van der Waals surface area (Å²) < 4.78 is 43.8. The summed E-state index contributed by atoms with van der Waals surface area (Å²) in [5, 5.41) is 14.4. The average Bonchev–Trinajstić information content (AvgIpc) is 3.11. The minimum atomic E-state index is -3.84. The van der Waals surface area contributed by atoms with Crippen LogP contribution in [0.15, 0.2) is 46.3 Å². The van der Waals surface area contributed by atoms with Crippen molar-refractivity contribution in [1.29, 1.82) is 0 Å². The molecule has 11 heteroatoms. The molecule has 35 heavy (non-hydrogen) atoms. The molecule has 2 saturated carbocycles. The fourth-order valence-electron chi connectivity index (χ4n) is 6.06. The van der Waals surface area contributed by atoms with E-state index >= 15 is 0 Å². The highest BCUT2D eigenvalue weighted by molar-refractivity contribution is 7.91. The first-order valence-electron chi connectivity index (χ1n) is 11.3. The molecule has 184 valence electrons. The van der Waals surface area contributed by atoms with Gasteiger partial charge in [-0.05, 0) is 73.1 Å². The second-order valence-corrected chi connectivity index (χ2v) is 13.8. The maximum Gasteiger partial charge on any atom is 0.252 e. The van der Waals surface area contributed by atoms with Crippen molar-refractivity contribution < 1.29 is 17.9 Å². The molecule has 0 saturated heterocycles. The van der Waals surface area contributed by atoms with Crippen LogP contribution in [0.25, 0.3) is 11.8 Å². The Kier molecular flexibility index (Phi) is 5.49. The molecule has 3 aliphatic carbocycles. The van der Waals surface area contributed by atoms with Crippen molar-refractivity contribution in [2.75, 3.05) is 19.7 Å². The SMILES string of the molecule is O=S(=O)(c1cc(Cl)c(Cl)s1)N(CCO)C[C@@]12CCC3=Cc4c(cnn4-c4ccc(F)cc4)C[C@@]31C2. The summed E-state index contributed by atoms with van der Waals surface area (Å²) in [5.41, 5.74) is 3.95. The van der Waals surface area contributed by atoms with E-state index < -0.39 is 10.0 Å². The van der Waals surface area contributed by atoms with Crippen molar-refractivity contribution >= 4 is 50.6 Å². The minimum absolute atomic E-state index is 0.0140. The number of aromatic nitrogens is 2. The molecule has 3 aromatic rings. The van der Waals surface area contributed by atoms with Gasteiger partial charge in [0.15, 0.2) is 0 Å². The number of thiophene rings is 1. The summed E-state index contributed by atoms with van der Waals surface area (Å²) in [6.45, 7) is 0.0777. The van der Waals surface area contributed by atoms with E-state index in [1.54, 1.807) is 12.1 Å². The molecular weight excluding hydrogens is 532 g/mol. The standard InChI is InChI=1S/C24H22Cl2FN3O3S2/c25-19-10-21(34-22(19)26)35(32,33)29(7-8-31)14-23-6-5-16-9-20-15(11-24(16,23)13-23)12-28-30(20)18-3-1-17(27)2-4-18/h1-4,9-10,12,31H,5-8,11,13-14H2/t23-,24+/m0/s1. The minimum Gasteiger partial charge on any atom is -0.395 e. The van der Waals surface area contributed by atoms with Crippen LogP contribution in [0.5, 0.6) is 0 Å². The third kappa shape index (κ3) is 3.54. The number of aliphatic hydroxyl groups is 1. The molecule has 0 radical (unpaired) electrons. The van der Waals surface area contributed by atoms with Gasteiger partial charge in [-0.3, -0.25) is 0 Å². The molecule has 2 atom stereocenters. The second kappa shape index (κ2) is 8.13. The van der Waals surface area contributed by atoms with E-state index in [1.807, 2.05) is 10.9 Å². The van der Waals surface area contributed by atoms with Gasteiger partial charge in [0.25, 0.3) is 10.0 Å². The number of fused-ring (bicyclic) bond motifs is 1. The number of rotatable bonds is 7. The van der Waals surface area contributed by atoms with Crippen molar-refractivity contribution in [2.24, 2.45) is 10.8 Å². The Morgan fingerprint density at radius 2 is 2.03 bits per heavy atom. The maximum absolute atomic E-state index is 13.4. The fourth-order valence-corrected chi connectivity index (χ4v) is 9.62. The van der Waals surface area contributed by atoms with Crippen molar-refractivity contribution in [3.8, 4) is 5.69 Å². The Morgan fingerprint density at radius 3 is 2.71 bits per heavy atom. The van der Waals surface area contributed by atoms with Crippen LogP contribution in [-0.4, -0.2) is 47.3 Å². The summed E-state index contributed by atoms with van der Waals surface area (Å²) in [6, 6.07) is 7.65. The first-order chi connectivity index (χ1) is 16.7. The first kappa shape index (κ1) is 23.6. The summed E-state index contributed by atoms with van der Waals surface area (Å²) in [5.74, 6) is -0.292. The van der Waals surface area contributed by atoms with Gasteiger partial charge in [0.05, 0.1) is 29.2 Å². The molecule has 1 spiro atoms. The molecule has 0 bridgehead atoms. The van der Waals surface area contributed by atoms with Crippen LogP contribution in [-0.2, 0) is 16.4 Å². The quantitative estimate of drug-likeness (QED) is 0.437. The van der Waals surface area contributed by atoms with Gasteiger partial charge >= 0.3 is 0 Å². The lowest BCUT2D eigenvalue weighted by molar-refractivity contribution is 0.225. The second-order valence-electron chi connectivity index (χ2n) is 9.58. The molecule has 1 N–H and O–H groups in total. The molecule has 0 unspecified atom stereocenters. The topological polar surface area (TPSA) is 75.4 Å². The number of sulfonamides is 1. The zero-order valence-electron chi connectivity index (χ0n) is 18.5. The lowest BCUT2D eigenvalue weighted by Gasteiger charge is -2.28. The molecule has 2 fully saturated rings. The number of halogens is 3. The molecular formula is C24H22Cl2FN3O3S2. The third-order valence-corrected chi connectivity index (χ3v) is 12.0. The lowest BCUT2D eigenvalue weighted by atomic mass is 9.82. The van der Waals surface area contributed by atoms with Crippen LogP contribution in [0.1, 0.15) is 30.5 Å². The van der Waals surface area contributed by atoms with Crippen molar-refractivity contribution in [3.63, 3.8) is 0 Å². The van der Waals surface area contributed by atoms with Gasteiger partial charge in [0.2, 0.25) is 0 Å². The normalized spacial score (nSPS) is 24.8. The van der Waals surface area contributed by atoms with Gasteiger partial charge in [-0.15, -0.1) is 11.3 Å². The summed E-state index contributed by atoms with van der Waals surface area (Å²) in [4.78, 5) is 0. The average molecular weight is 554 g/mol. The van der Waals surface area contributed by atoms with Gasteiger partial charge < -0.3 is 5.11 Å². The monoisotopic (exact) mass is 553 g/mol. The molecule has 2 heterocycles. The highest BCUT2D eigenvalue weighted by Gasteiger charge is 2.72. The molecule has 1 aromatic carbocycles. The molecule has 3 aliphatic rings. The largest absolute Gasteiger partial charge is 0.395 e. The van der Waals surface area contributed by atoms with E-state index in [4.69, 9.17) is 23.2 Å². The number of nitrogens with zero attached hydrogens (tertiary/aromatic N) is 3. The summed E-state index contributed by atoms with van der Waals surface area (Å²) >= 11 is 13.0. The van der Waals surface area contributed by atoms with E-state index in [-0.39, 0.29) is 43.4 Å². The van der Waals surface area contributed by atoms with Gasteiger partial charge in [0, 0.05) is 18.5 Å². The Balaban J connectivity index is 1.30. The van der Waals surface area contributed by atoms with Gasteiger partial charge in [-0.1, -0.05) is 28.8 Å². The van der Waals surface area contributed by atoms with Gasteiger partial charge in [-0.25, -0.2) is 17.5 Å². The van der Waals surface area contributed by atoms with Gasteiger partial charge in [-0.2, -0.15) is 9.40 Å². The molecule has 0 amide bonds. The van der Waals surface area contributed by atoms with Crippen LogP contribution >= 0.6 is 34.5 Å². The Labute approximate surface area is 216 Å². The lowest BCUT2D eigenvalue weighted by Crippen LogP contribution is -2.39. The Morgan fingerprint density at radius 1 is 1.26 bits per heavy atom. The van der Waals surface area contributed by atoms with E-state index in [9.17, 15) is 17.9 Å². The highest BCUT2D eigenvalue weighted by Crippen LogP contribution is 2.78. The van der Waals surface area contributed by atoms with E-state index in [2.05, 4.69) is 11.2 Å². The van der Waals surface area contributed by atoms with Crippen molar-refractivity contribution in [2.45, 2.75) is 29.9 Å². The van der Waals surface area contributed by atoms with Crippen LogP contribution < -0.4 is 0 Å². The van der Waals surface area contributed by atoms with E-state index in [0.717, 1.165) is 54.0 Å². The number of hydrogen-bond donors (Lipinski definition) is 1. The molecule has 0 aliphatic heterocycles. The van der Waals surface area contributed by atoms with Crippen LogP contribution in [0, 0.1) is 16.6 Å². The van der Waals surface area contributed by atoms with E-state index in [0.29, 0.717) is 6.54 Å². The predicted octanol–water partition coefficient (Wildman–Crippen LogP) is 5.17. The first-order valence-corrected chi connectivity index (χ1v) is 14.3. The number of allylic oxidation sites excluding steroid dienone is 1.